The summed E-state index contributed by atoms with van der Waals surface area (Å²) in [7, 11) is 0. The molecule has 28 heavy (non-hydrogen) atoms. The van der Waals surface area contributed by atoms with Crippen LogP contribution in [-0.2, 0) is 4.79 Å². The number of halogens is 4. The maximum absolute atomic E-state index is 13.0. The van der Waals surface area contributed by atoms with Gasteiger partial charge in [0.15, 0.2) is 0 Å². The van der Waals surface area contributed by atoms with Gasteiger partial charge in [-0.3, -0.25) is 4.79 Å². The van der Waals surface area contributed by atoms with Gasteiger partial charge in [0.1, 0.15) is 11.6 Å². The van der Waals surface area contributed by atoms with Crippen LogP contribution < -0.4 is 15.0 Å². The minimum atomic E-state index is -4.77. The summed E-state index contributed by atoms with van der Waals surface area (Å²) in [5.74, 6) is -0.799. The molecule has 5 nitrogen and oxygen atoms in total. The number of hydrogen-bond acceptors (Lipinski definition) is 4. The Kier molecular flexibility index (Phi) is 5.91. The Morgan fingerprint density at radius 1 is 1.04 bits per heavy atom. The summed E-state index contributed by atoms with van der Waals surface area (Å²) in [4.78, 5) is 16.1. The van der Waals surface area contributed by atoms with Crippen molar-refractivity contribution in [3.63, 3.8) is 0 Å². The van der Waals surface area contributed by atoms with Gasteiger partial charge >= 0.3 is 6.36 Å². The molecule has 0 bridgehead atoms. The Labute approximate surface area is 159 Å². The number of benzene rings is 2. The van der Waals surface area contributed by atoms with Gasteiger partial charge in [-0.2, -0.15) is 0 Å². The van der Waals surface area contributed by atoms with Crippen molar-refractivity contribution in [2.24, 2.45) is 0 Å². The summed E-state index contributed by atoms with van der Waals surface area (Å²) >= 11 is 0. The number of ether oxygens (including phenoxy) is 1. The molecule has 1 aliphatic heterocycles. The number of carbonyl (C=O) groups is 1. The number of amides is 1. The normalized spacial score (nSPS) is 14.7. The highest BCUT2D eigenvalue weighted by molar-refractivity contribution is 5.81. The number of piperazine rings is 1. The molecular weight excluding hydrogens is 378 g/mol. The lowest BCUT2D eigenvalue weighted by atomic mass is 10.2. The Balaban J connectivity index is 1.48. The summed E-state index contributed by atoms with van der Waals surface area (Å²) in [5.41, 5.74) is 1.26. The summed E-state index contributed by atoms with van der Waals surface area (Å²) in [5, 5.41) is 2.82. The van der Waals surface area contributed by atoms with Gasteiger partial charge in [-0.1, -0.05) is 6.07 Å². The van der Waals surface area contributed by atoms with Crippen molar-refractivity contribution in [2.45, 2.75) is 6.36 Å². The van der Waals surface area contributed by atoms with Crippen LogP contribution in [0.5, 0.6) is 5.75 Å². The van der Waals surface area contributed by atoms with Crippen molar-refractivity contribution in [1.82, 2.24) is 4.90 Å². The third kappa shape index (κ3) is 5.51. The van der Waals surface area contributed by atoms with Gasteiger partial charge in [-0.05, 0) is 36.4 Å². The first-order chi connectivity index (χ1) is 13.3. The van der Waals surface area contributed by atoms with Gasteiger partial charge < -0.3 is 19.9 Å². The molecular formula is C19H19F4N3O2. The number of carbonyl (C=O) groups excluding carboxylic acids is 1. The van der Waals surface area contributed by atoms with Crippen molar-refractivity contribution in [1.29, 1.82) is 0 Å². The fourth-order valence-corrected chi connectivity index (χ4v) is 2.96. The number of hydrogen-bond donors (Lipinski definition) is 1. The number of alkyl halides is 3. The van der Waals surface area contributed by atoms with Crippen molar-refractivity contribution in [3.8, 4) is 5.75 Å². The van der Waals surface area contributed by atoms with E-state index in [1.54, 1.807) is 23.1 Å². The first kappa shape index (κ1) is 19.8. The van der Waals surface area contributed by atoms with Gasteiger partial charge in [0, 0.05) is 43.6 Å². The molecule has 0 aliphatic carbocycles. The highest BCUT2D eigenvalue weighted by Gasteiger charge is 2.31. The van der Waals surface area contributed by atoms with E-state index in [2.05, 4.69) is 15.0 Å². The molecule has 0 spiro atoms. The van der Waals surface area contributed by atoms with Crippen LogP contribution in [0.15, 0.2) is 48.5 Å². The first-order valence-corrected chi connectivity index (χ1v) is 8.68. The molecule has 3 rings (SSSR count). The molecule has 0 radical (unpaired) electrons. The Bertz CT molecular complexity index is 804. The lowest BCUT2D eigenvalue weighted by molar-refractivity contribution is -0.274. The lowest BCUT2D eigenvalue weighted by Crippen LogP contribution is -2.50. The fraction of sp³-hybridized carbons (Fsp3) is 0.316. The molecule has 0 saturated carbocycles. The minimum absolute atomic E-state index is 0.0357. The van der Waals surface area contributed by atoms with Gasteiger partial charge in [-0.15, -0.1) is 13.2 Å². The zero-order chi connectivity index (χ0) is 20.1. The van der Waals surface area contributed by atoms with E-state index in [-0.39, 0.29) is 24.0 Å². The smallest absolute Gasteiger partial charge is 0.406 e. The van der Waals surface area contributed by atoms with Gasteiger partial charge in [0.25, 0.3) is 0 Å². The summed E-state index contributed by atoms with van der Waals surface area (Å²) < 4.78 is 53.7. The van der Waals surface area contributed by atoms with Crippen LogP contribution in [0, 0.1) is 5.82 Å². The minimum Gasteiger partial charge on any atom is -0.406 e. The zero-order valence-corrected chi connectivity index (χ0v) is 14.9. The molecule has 1 heterocycles. The average Bonchev–Trinajstić information content (AvgIpc) is 2.66. The average molecular weight is 397 g/mol. The number of rotatable bonds is 5. The Morgan fingerprint density at radius 3 is 2.36 bits per heavy atom. The molecule has 2 aromatic carbocycles. The lowest BCUT2D eigenvalue weighted by Gasteiger charge is -2.36. The summed E-state index contributed by atoms with van der Waals surface area (Å²) in [6, 6.07) is 11.5. The summed E-state index contributed by atoms with van der Waals surface area (Å²) in [6.45, 7) is 2.22. The van der Waals surface area contributed by atoms with Crippen LogP contribution in [0.25, 0.3) is 0 Å². The number of anilines is 2. The summed E-state index contributed by atoms with van der Waals surface area (Å²) in [6.07, 6.45) is -4.77. The maximum Gasteiger partial charge on any atom is 0.573 e. The van der Waals surface area contributed by atoms with E-state index >= 15 is 0 Å². The molecule has 0 unspecified atom stereocenters. The monoisotopic (exact) mass is 397 g/mol. The second-order valence-corrected chi connectivity index (χ2v) is 6.27. The van der Waals surface area contributed by atoms with Crippen molar-refractivity contribution >= 4 is 17.3 Å². The molecule has 1 aliphatic rings. The van der Waals surface area contributed by atoms with Gasteiger partial charge in [0.05, 0.1) is 6.54 Å². The molecule has 1 fully saturated rings. The highest BCUT2D eigenvalue weighted by atomic mass is 19.4. The Hall–Kier alpha value is -2.97. The molecule has 0 atom stereocenters. The van der Waals surface area contributed by atoms with Crippen LogP contribution in [0.2, 0.25) is 0 Å². The van der Waals surface area contributed by atoms with E-state index in [0.29, 0.717) is 31.9 Å². The molecule has 2 aromatic rings. The maximum atomic E-state index is 13.0. The van der Waals surface area contributed by atoms with Crippen molar-refractivity contribution < 1.29 is 27.1 Å². The van der Waals surface area contributed by atoms with E-state index in [0.717, 1.165) is 5.69 Å². The van der Waals surface area contributed by atoms with Gasteiger partial charge in [-0.25, -0.2) is 4.39 Å². The van der Waals surface area contributed by atoms with Crippen LogP contribution in [0.3, 0.4) is 0 Å². The van der Waals surface area contributed by atoms with Crippen molar-refractivity contribution in [3.05, 3.63) is 54.3 Å². The van der Waals surface area contributed by atoms with Gasteiger partial charge in [0.2, 0.25) is 5.91 Å². The Morgan fingerprint density at radius 2 is 1.71 bits per heavy atom. The van der Waals surface area contributed by atoms with Crippen LogP contribution in [-0.4, -0.2) is 49.9 Å². The topological polar surface area (TPSA) is 44.8 Å². The number of nitrogens with one attached hydrogen (secondary N) is 1. The molecule has 1 N–H and O–H groups in total. The van der Waals surface area contributed by atoms with E-state index < -0.39 is 6.36 Å². The van der Waals surface area contributed by atoms with E-state index in [1.807, 2.05) is 0 Å². The largest absolute Gasteiger partial charge is 0.573 e. The SMILES string of the molecule is O=C(CNc1cccc(OC(F)(F)F)c1)N1CCN(c2ccc(F)cc2)CC1. The molecule has 150 valence electrons. The highest BCUT2D eigenvalue weighted by Crippen LogP contribution is 2.25. The van der Waals surface area contributed by atoms with Crippen LogP contribution in [0.1, 0.15) is 0 Å². The quantitative estimate of drug-likeness (QED) is 0.785. The zero-order valence-electron chi connectivity index (χ0n) is 14.9. The fourth-order valence-electron chi connectivity index (χ4n) is 2.96. The molecule has 0 aromatic heterocycles. The second kappa shape index (κ2) is 8.37. The van der Waals surface area contributed by atoms with Crippen LogP contribution in [0.4, 0.5) is 28.9 Å². The van der Waals surface area contributed by atoms with Crippen molar-refractivity contribution in [2.75, 3.05) is 42.9 Å². The third-order valence-electron chi connectivity index (χ3n) is 4.34. The van der Waals surface area contributed by atoms with E-state index in [4.69, 9.17) is 0 Å². The predicted molar refractivity (Wildman–Crippen MR) is 96.8 cm³/mol. The molecule has 9 heteroatoms. The first-order valence-electron chi connectivity index (χ1n) is 8.68. The van der Waals surface area contributed by atoms with Crippen LogP contribution >= 0.6 is 0 Å². The standard InChI is InChI=1S/C19H19F4N3O2/c20-14-4-6-16(7-5-14)25-8-10-26(11-9-25)18(27)13-24-15-2-1-3-17(12-15)28-19(21,22)23/h1-7,12,24H,8-11,13H2. The molecule has 1 amide bonds. The predicted octanol–water partition coefficient (Wildman–Crippen LogP) is 3.49. The molecule has 1 saturated heterocycles. The third-order valence-corrected chi connectivity index (χ3v) is 4.34. The van der Waals surface area contributed by atoms with E-state index in [1.165, 1.54) is 30.3 Å². The number of nitrogens with zero attached hydrogens (tertiary/aromatic N) is 2. The second-order valence-electron chi connectivity index (χ2n) is 6.27. The van der Waals surface area contributed by atoms with E-state index in [9.17, 15) is 22.4 Å².